The zero-order valence-corrected chi connectivity index (χ0v) is 15.1. The van der Waals surface area contributed by atoms with Crippen LogP contribution in [-0.4, -0.2) is 46.1 Å². The van der Waals surface area contributed by atoms with Crippen LogP contribution in [0.3, 0.4) is 0 Å². The van der Waals surface area contributed by atoms with Gasteiger partial charge in [-0.1, -0.05) is 13.8 Å². The fourth-order valence-electron chi connectivity index (χ4n) is 2.87. The van der Waals surface area contributed by atoms with Crippen molar-refractivity contribution in [2.45, 2.75) is 51.7 Å². The van der Waals surface area contributed by atoms with Crippen molar-refractivity contribution < 1.29 is 22.8 Å². The van der Waals surface area contributed by atoms with E-state index in [4.69, 9.17) is 0 Å². The van der Waals surface area contributed by atoms with Crippen molar-refractivity contribution in [1.82, 2.24) is 20.0 Å². The van der Waals surface area contributed by atoms with E-state index in [1.807, 2.05) is 13.8 Å². The van der Waals surface area contributed by atoms with E-state index in [-0.39, 0.29) is 24.4 Å². The van der Waals surface area contributed by atoms with Gasteiger partial charge in [0, 0.05) is 25.7 Å². The SMILES string of the molecule is CC(C)CCC(=O)NCC(=O)N1CCC(n2ccc(C(F)(F)F)n2)CC1. The summed E-state index contributed by atoms with van der Waals surface area (Å²) in [6.07, 6.45) is -0.878. The highest BCUT2D eigenvalue weighted by molar-refractivity contribution is 5.84. The second-order valence-electron chi connectivity index (χ2n) is 7.00. The Hall–Kier alpha value is -2.06. The van der Waals surface area contributed by atoms with Crippen molar-refractivity contribution in [3.8, 4) is 0 Å². The third-order valence-corrected chi connectivity index (χ3v) is 4.48. The van der Waals surface area contributed by atoms with Crippen LogP contribution in [0.2, 0.25) is 0 Å². The van der Waals surface area contributed by atoms with Crippen LogP contribution in [-0.2, 0) is 15.8 Å². The molecule has 1 N–H and O–H groups in total. The van der Waals surface area contributed by atoms with Gasteiger partial charge in [-0.05, 0) is 31.2 Å². The van der Waals surface area contributed by atoms with E-state index in [1.165, 1.54) is 10.9 Å². The van der Waals surface area contributed by atoms with Crippen LogP contribution in [0.15, 0.2) is 12.3 Å². The van der Waals surface area contributed by atoms with E-state index in [2.05, 4.69) is 10.4 Å². The molecule has 1 aromatic rings. The standard InChI is InChI=1S/C17H25F3N4O2/c1-12(2)3-4-15(25)21-11-16(26)23-8-5-13(6-9-23)24-10-7-14(22-24)17(18,19)20/h7,10,12-13H,3-6,8-9,11H2,1-2H3,(H,21,25). The molecule has 0 saturated carbocycles. The van der Waals surface area contributed by atoms with Gasteiger partial charge >= 0.3 is 6.18 Å². The monoisotopic (exact) mass is 374 g/mol. The maximum atomic E-state index is 12.6. The Labute approximate surface area is 150 Å². The fourth-order valence-corrected chi connectivity index (χ4v) is 2.87. The first kappa shape index (κ1) is 20.3. The van der Waals surface area contributed by atoms with Crippen molar-refractivity contribution >= 4 is 11.8 Å². The Morgan fingerprint density at radius 1 is 1.31 bits per heavy atom. The highest BCUT2D eigenvalue weighted by Crippen LogP contribution is 2.29. The van der Waals surface area contributed by atoms with Crippen molar-refractivity contribution in [2.75, 3.05) is 19.6 Å². The molecule has 26 heavy (non-hydrogen) atoms. The van der Waals surface area contributed by atoms with Gasteiger partial charge in [0.25, 0.3) is 0 Å². The van der Waals surface area contributed by atoms with Crippen molar-refractivity contribution in [1.29, 1.82) is 0 Å². The smallest absolute Gasteiger partial charge is 0.347 e. The molecule has 2 amide bonds. The normalized spacial score (nSPS) is 16.2. The average Bonchev–Trinajstić information content (AvgIpc) is 3.08. The third-order valence-electron chi connectivity index (χ3n) is 4.48. The van der Waals surface area contributed by atoms with Gasteiger partial charge < -0.3 is 10.2 Å². The number of carbonyl (C=O) groups excluding carboxylic acids is 2. The number of piperidine rings is 1. The average molecular weight is 374 g/mol. The molecular weight excluding hydrogens is 349 g/mol. The van der Waals surface area contributed by atoms with E-state index in [1.54, 1.807) is 4.90 Å². The molecule has 2 rings (SSSR count). The lowest BCUT2D eigenvalue weighted by Gasteiger charge is -2.32. The Kier molecular flexibility index (Phi) is 6.66. The molecule has 6 nitrogen and oxygen atoms in total. The highest BCUT2D eigenvalue weighted by Gasteiger charge is 2.34. The molecule has 0 unspecified atom stereocenters. The Morgan fingerprint density at radius 2 is 1.96 bits per heavy atom. The van der Waals surface area contributed by atoms with Crippen LogP contribution in [0, 0.1) is 5.92 Å². The van der Waals surface area contributed by atoms with Gasteiger partial charge in [0.15, 0.2) is 5.69 Å². The minimum absolute atomic E-state index is 0.0401. The Morgan fingerprint density at radius 3 is 2.50 bits per heavy atom. The van der Waals surface area contributed by atoms with Gasteiger partial charge in [-0.3, -0.25) is 14.3 Å². The lowest BCUT2D eigenvalue weighted by atomic mass is 10.1. The number of nitrogens with zero attached hydrogens (tertiary/aromatic N) is 3. The van der Waals surface area contributed by atoms with Crippen LogP contribution in [0.4, 0.5) is 13.2 Å². The number of nitrogens with one attached hydrogen (secondary N) is 1. The van der Waals surface area contributed by atoms with Crippen molar-refractivity contribution in [2.24, 2.45) is 5.92 Å². The van der Waals surface area contributed by atoms with Crippen LogP contribution in [0.5, 0.6) is 0 Å². The minimum atomic E-state index is -4.45. The first-order chi connectivity index (χ1) is 12.2. The van der Waals surface area contributed by atoms with Crippen LogP contribution >= 0.6 is 0 Å². The second-order valence-corrected chi connectivity index (χ2v) is 7.00. The van der Waals surface area contributed by atoms with Crippen molar-refractivity contribution in [3.63, 3.8) is 0 Å². The summed E-state index contributed by atoms with van der Waals surface area (Å²) >= 11 is 0. The number of amides is 2. The predicted molar refractivity (Wildman–Crippen MR) is 89.2 cm³/mol. The molecule has 146 valence electrons. The highest BCUT2D eigenvalue weighted by atomic mass is 19.4. The van der Waals surface area contributed by atoms with Gasteiger partial charge in [-0.25, -0.2) is 0 Å². The fraction of sp³-hybridized carbons (Fsp3) is 0.706. The molecule has 1 fully saturated rings. The molecule has 9 heteroatoms. The summed E-state index contributed by atoms with van der Waals surface area (Å²) in [5.41, 5.74) is -0.903. The lowest BCUT2D eigenvalue weighted by molar-refractivity contribution is -0.141. The molecule has 0 radical (unpaired) electrons. The number of likely N-dealkylation sites (tertiary alicyclic amines) is 1. The Bertz CT molecular complexity index is 620. The van der Waals surface area contributed by atoms with E-state index < -0.39 is 11.9 Å². The van der Waals surface area contributed by atoms with Crippen LogP contribution in [0.25, 0.3) is 0 Å². The number of hydrogen-bond acceptors (Lipinski definition) is 3. The number of rotatable bonds is 6. The molecule has 1 aromatic heterocycles. The zero-order valence-electron chi connectivity index (χ0n) is 15.1. The summed E-state index contributed by atoms with van der Waals surface area (Å²) in [4.78, 5) is 25.5. The predicted octanol–water partition coefficient (Wildman–Crippen LogP) is 2.62. The summed E-state index contributed by atoms with van der Waals surface area (Å²) in [6.45, 7) is 4.89. The molecular formula is C17H25F3N4O2. The van der Waals surface area contributed by atoms with E-state index in [9.17, 15) is 22.8 Å². The van der Waals surface area contributed by atoms with Gasteiger partial charge in [0.1, 0.15) is 0 Å². The van der Waals surface area contributed by atoms with Crippen LogP contribution in [0.1, 0.15) is 51.3 Å². The molecule has 2 heterocycles. The molecule has 1 aliphatic rings. The van der Waals surface area contributed by atoms with Crippen LogP contribution < -0.4 is 5.32 Å². The summed E-state index contributed by atoms with van der Waals surface area (Å²) in [5.74, 6) is 0.117. The van der Waals surface area contributed by atoms with E-state index in [0.29, 0.717) is 38.3 Å². The van der Waals surface area contributed by atoms with Gasteiger partial charge in [-0.15, -0.1) is 0 Å². The number of halogens is 3. The molecule has 0 spiro atoms. The summed E-state index contributed by atoms with van der Waals surface area (Å²) < 4.78 is 39.2. The molecule has 0 aliphatic carbocycles. The first-order valence-electron chi connectivity index (χ1n) is 8.83. The lowest BCUT2D eigenvalue weighted by Crippen LogP contribution is -2.44. The number of hydrogen-bond donors (Lipinski definition) is 1. The topological polar surface area (TPSA) is 67.2 Å². The largest absolute Gasteiger partial charge is 0.435 e. The van der Waals surface area contributed by atoms with Gasteiger partial charge in [0.2, 0.25) is 11.8 Å². The summed E-state index contributed by atoms with van der Waals surface area (Å²) in [7, 11) is 0. The first-order valence-corrected chi connectivity index (χ1v) is 8.83. The maximum Gasteiger partial charge on any atom is 0.435 e. The number of carbonyl (C=O) groups is 2. The van der Waals surface area contributed by atoms with E-state index >= 15 is 0 Å². The Balaban J connectivity index is 1.76. The van der Waals surface area contributed by atoms with Crippen molar-refractivity contribution in [3.05, 3.63) is 18.0 Å². The zero-order chi connectivity index (χ0) is 19.3. The minimum Gasteiger partial charge on any atom is -0.347 e. The number of alkyl halides is 3. The van der Waals surface area contributed by atoms with Gasteiger partial charge in [-0.2, -0.15) is 18.3 Å². The molecule has 1 saturated heterocycles. The van der Waals surface area contributed by atoms with E-state index in [0.717, 1.165) is 12.5 Å². The maximum absolute atomic E-state index is 12.6. The number of aromatic nitrogens is 2. The third kappa shape index (κ3) is 5.74. The quantitative estimate of drug-likeness (QED) is 0.832. The van der Waals surface area contributed by atoms with Gasteiger partial charge in [0.05, 0.1) is 12.6 Å². The second kappa shape index (κ2) is 8.55. The molecule has 1 aliphatic heterocycles. The summed E-state index contributed by atoms with van der Waals surface area (Å²) in [6, 6.07) is 0.806. The molecule has 0 atom stereocenters. The molecule has 0 bridgehead atoms. The summed E-state index contributed by atoms with van der Waals surface area (Å²) in [5, 5.41) is 6.23. The molecule has 0 aromatic carbocycles.